The van der Waals surface area contributed by atoms with Gasteiger partial charge in [0.05, 0.1) is 0 Å². The van der Waals surface area contributed by atoms with E-state index in [-0.39, 0.29) is 11.9 Å². The van der Waals surface area contributed by atoms with E-state index in [1.54, 1.807) is 28.1 Å². The SMILES string of the molecule is CC(=O)N1CCN(C(=O)n2cccc2C2(C(=O)O)CCCCC2)CC1. The van der Waals surface area contributed by atoms with Gasteiger partial charge in [-0.25, -0.2) is 4.79 Å². The Morgan fingerprint density at radius 2 is 1.60 bits per heavy atom. The van der Waals surface area contributed by atoms with E-state index in [2.05, 4.69) is 0 Å². The minimum atomic E-state index is -0.974. The number of aromatic nitrogens is 1. The van der Waals surface area contributed by atoms with Gasteiger partial charge in [-0.2, -0.15) is 0 Å². The number of carbonyl (C=O) groups excluding carboxylic acids is 2. The van der Waals surface area contributed by atoms with E-state index in [0.717, 1.165) is 19.3 Å². The van der Waals surface area contributed by atoms with Crippen molar-refractivity contribution in [1.29, 1.82) is 0 Å². The number of carboxylic acids is 1. The van der Waals surface area contributed by atoms with Gasteiger partial charge in [-0.1, -0.05) is 19.3 Å². The van der Waals surface area contributed by atoms with Gasteiger partial charge in [0.2, 0.25) is 5.91 Å². The summed E-state index contributed by atoms with van der Waals surface area (Å²) in [5, 5.41) is 9.89. The fourth-order valence-electron chi connectivity index (χ4n) is 4.04. The molecule has 0 atom stereocenters. The quantitative estimate of drug-likeness (QED) is 0.886. The molecule has 1 N–H and O–H groups in total. The minimum absolute atomic E-state index is 0.0146. The number of hydrogen-bond donors (Lipinski definition) is 1. The summed E-state index contributed by atoms with van der Waals surface area (Å²) in [6.45, 7) is 3.50. The molecule has 3 rings (SSSR count). The van der Waals surface area contributed by atoms with Gasteiger partial charge in [-0.3, -0.25) is 14.2 Å². The number of aliphatic carboxylic acids is 1. The molecule has 0 unspecified atom stereocenters. The lowest BCUT2D eigenvalue weighted by Gasteiger charge is -2.37. The van der Waals surface area contributed by atoms with Crippen molar-refractivity contribution in [3.05, 3.63) is 24.0 Å². The van der Waals surface area contributed by atoms with Crippen molar-refractivity contribution < 1.29 is 19.5 Å². The standard InChI is InChI=1S/C18H25N3O4/c1-14(22)19-10-12-20(13-11-19)17(25)21-9-5-6-15(21)18(16(23)24)7-3-2-4-8-18/h5-6,9H,2-4,7-8,10-13H2,1H3,(H,23,24). The van der Waals surface area contributed by atoms with Crippen LogP contribution < -0.4 is 0 Å². The lowest BCUT2D eigenvalue weighted by molar-refractivity contribution is -0.145. The molecule has 7 heteroatoms. The summed E-state index contributed by atoms with van der Waals surface area (Å²) < 4.78 is 1.50. The number of amides is 2. The van der Waals surface area contributed by atoms with Crippen molar-refractivity contribution in [2.75, 3.05) is 26.2 Å². The van der Waals surface area contributed by atoms with Crippen LogP contribution in [0.5, 0.6) is 0 Å². The van der Waals surface area contributed by atoms with Crippen LogP contribution >= 0.6 is 0 Å². The van der Waals surface area contributed by atoms with Gasteiger partial charge >= 0.3 is 12.0 Å². The molecule has 0 spiro atoms. The molecule has 1 aromatic rings. The van der Waals surface area contributed by atoms with Gasteiger partial charge in [0.25, 0.3) is 0 Å². The largest absolute Gasteiger partial charge is 0.481 e. The molecule has 136 valence electrons. The topological polar surface area (TPSA) is 82.9 Å². The summed E-state index contributed by atoms with van der Waals surface area (Å²) in [6, 6.07) is 3.32. The van der Waals surface area contributed by atoms with Gasteiger partial charge in [-0.15, -0.1) is 0 Å². The molecule has 1 saturated carbocycles. The van der Waals surface area contributed by atoms with Gasteiger partial charge in [0.1, 0.15) is 5.41 Å². The van der Waals surface area contributed by atoms with Crippen molar-refractivity contribution in [1.82, 2.24) is 14.4 Å². The molecule has 2 heterocycles. The van der Waals surface area contributed by atoms with Gasteiger partial charge in [0.15, 0.2) is 0 Å². The zero-order valence-electron chi connectivity index (χ0n) is 14.6. The van der Waals surface area contributed by atoms with E-state index in [1.165, 1.54) is 11.5 Å². The van der Waals surface area contributed by atoms with Crippen LogP contribution in [0.15, 0.2) is 18.3 Å². The first-order chi connectivity index (χ1) is 12.0. The molecule has 7 nitrogen and oxygen atoms in total. The zero-order chi connectivity index (χ0) is 18.0. The molecule has 0 radical (unpaired) electrons. The Morgan fingerprint density at radius 3 is 2.16 bits per heavy atom. The Bertz CT molecular complexity index is 668. The van der Waals surface area contributed by atoms with E-state index in [4.69, 9.17) is 0 Å². The van der Waals surface area contributed by atoms with Crippen LogP contribution in [0, 0.1) is 0 Å². The molecule has 1 aliphatic carbocycles. The summed E-state index contributed by atoms with van der Waals surface area (Å²) in [5.41, 5.74) is -0.391. The predicted octanol–water partition coefficient (Wildman–Crippen LogP) is 1.91. The zero-order valence-corrected chi connectivity index (χ0v) is 14.6. The lowest BCUT2D eigenvalue weighted by Crippen LogP contribution is -2.52. The smallest absolute Gasteiger partial charge is 0.328 e. The number of carbonyl (C=O) groups is 3. The van der Waals surface area contributed by atoms with E-state index in [0.29, 0.717) is 44.7 Å². The van der Waals surface area contributed by atoms with Crippen LogP contribution in [0.2, 0.25) is 0 Å². The van der Waals surface area contributed by atoms with Crippen molar-refractivity contribution in [2.45, 2.75) is 44.4 Å². The molecule has 0 bridgehead atoms. The number of nitrogens with zero attached hydrogens (tertiary/aromatic N) is 3. The van der Waals surface area contributed by atoms with Crippen LogP contribution in [-0.4, -0.2) is 63.6 Å². The molecular formula is C18H25N3O4. The lowest BCUT2D eigenvalue weighted by atomic mass is 9.71. The molecule has 1 saturated heterocycles. The Balaban J connectivity index is 1.83. The summed E-state index contributed by atoms with van der Waals surface area (Å²) in [4.78, 5) is 39.9. The summed E-state index contributed by atoms with van der Waals surface area (Å²) in [7, 11) is 0. The fraction of sp³-hybridized carbons (Fsp3) is 0.611. The molecule has 25 heavy (non-hydrogen) atoms. The van der Waals surface area contributed by atoms with Gasteiger partial charge in [0, 0.05) is 45.0 Å². The predicted molar refractivity (Wildman–Crippen MR) is 91.5 cm³/mol. The highest BCUT2D eigenvalue weighted by Gasteiger charge is 2.44. The summed E-state index contributed by atoms with van der Waals surface area (Å²) in [6.07, 6.45) is 5.56. The first-order valence-corrected chi connectivity index (χ1v) is 8.92. The third kappa shape index (κ3) is 3.15. The third-order valence-corrected chi connectivity index (χ3v) is 5.56. The number of hydrogen-bond acceptors (Lipinski definition) is 3. The molecule has 1 aliphatic heterocycles. The summed E-state index contributed by atoms with van der Waals surface area (Å²) in [5.74, 6) is -0.831. The Hall–Kier alpha value is -2.31. The molecule has 2 aliphatic rings. The van der Waals surface area contributed by atoms with Crippen LogP contribution in [0.3, 0.4) is 0 Å². The average molecular weight is 347 g/mol. The maximum atomic E-state index is 13.0. The molecule has 0 aromatic carbocycles. The number of rotatable bonds is 2. The Kier molecular flexibility index (Phi) is 4.83. The fourth-order valence-corrected chi connectivity index (χ4v) is 4.04. The first kappa shape index (κ1) is 17.5. The molecular weight excluding hydrogens is 322 g/mol. The van der Waals surface area contributed by atoms with Gasteiger partial charge < -0.3 is 14.9 Å². The summed E-state index contributed by atoms with van der Waals surface area (Å²) >= 11 is 0. The first-order valence-electron chi connectivity index (χ1n) is 8.92. The molecule has 2 amide bonds. The Labute approximate surface area is 147 Å². The van der Waals surface area contributed by atoms with E-state index in [1.807, 2.05) is 0 Å². The monoisotopic (exact) mass is 347 g/mol. The van der Waals surface area contributed by atoms with Crippen molar-refractivity contribution in [2.24, 2.45) is 0 Å². The number of carboxylic acid groups (broad SMARTS) is 1. The van der Waals surface area contributed by atoms with Crippen LogP contribution in [-0.2, 0) is 15.0 Å². The third-order valence-electron chi connectivity index (χ3n) is 5.56. The highest BCUT2D eigenvalue weighted by Crippen LogP contribution is 2.40. The van der Waals surface area contributed by atoms with E-state index in [9.17, 15) is 19.5 Å². The average Bonchev–Trinajstić information content (AvgIpc) is 3.11. The highest BCUT2D eigenvalue weighted by atomic mass is 16.4. The van der Waals surface area contributed by atoms with E-state index < -0.39 is 11.4 Å². The Morgan fingerprint density at radius 1 is 1.00 bits per heavy atom. The highest BCUT2D eigenvalue weighted by molar-refractivity contribution is 5.85. The second-order valence-corrected chi connectivity index (χ2v) is 6.99. The maximum Gasteiger partial charge on any atom is 0.328 e. The van der Waals surface area contributed by atoms with Crippen LogP contribution in [0.1, 0.15) is 44.7 Å². The van der Waals surface area contributed by atoms with Crippen molar-refractivity contribution >= 4 is 17.9 Å². The minimum Gasteiger partial charge on any atom is -0.481 e. The van der Waals surface area contributed by atoms with Gasteiger partial charge in [-0.05, 0) is 25.0 Å². The molecule has 2 fully saturated rings. The van der Waals surface area contributed by atoms with Crippen molar-refractivity contribution in [3.63, 3.8) is 0 Å². The maximum absolute atomic E-state index is 13.0. The number of piperazine rings is 1. The second-order valence-electron chi connectivity index (χ2n) is 6.99. The molecule has 1 aromatic heterocycles. The second kappa shape index (κ2) is 6.90. The van der Waals surface area contributed by atoms with Crippen molar-refractivity contribution in [3.8, 4) is 0 Å². The van der Waals surface area contributed by atoms with E-state index >= 15 is 0 Å². The van der Waals surface area contributed by atoms with Crippen LogP contribution in [0.25, 0.3) is 0 Å². The van der Waals surface area contributed by atoms with Crippen LogP contribution in [0.4, 0.5) is 4.79 Å². The normalized spacial score (nSPS) is 20.4.